The van der Waals surface area contributed by atoms with E-state index in [9.17, 15) is 19.7 Å². The topological polar surface area (TPSA) is 120 Å². The van der Waals surface area contributed by atoms with E-state index in [-0.39, 0.29) is 29.4 Å². The molecule has 0 amide bonds. The number of nitrogens with zero attached hydrogens (tertiary/aromatic N) is 3. The maximum absolute atomic E-state index is 13.6. The Balaban J connectivity index is 1.66. The summed E-state index contributed by atoms with van der Waals surface area (Å²) in [4.78, 5) is 40.4. The Labute approximate surface area is 195 Å². The molecule has 0 bridgehead atoms. The van der Waals surface area contributed by atoms with Gasteiger partial charge in [0.15, 0.2) is 6.10 Å². The van der Waals surface area contributed by atoms with Crippen LogP contribution in [0.1, 0.15) is 45.9 Å². The number of ketones is 1. The van der Waals surface area contributed by atoms with E-state index in [0.29, 0.717) is 11.1 Å². The van der Waals surface area contributed by atoms with Crippen LogP contribution in [0.2, 0.25) is 0 Å². The molecule has 0 radical (unpaired) electrons. The minimum Gasteiger partial charge on any atom is -0.448 e. The van der Waals surface area contributed by atoms with E-state index >= 15 is 0 Å². The first kappa shape index (κ1) is 22.9. The number of aromatic amines is 1. The molecule has 0 aliphatic carbocycles. The maximum Gasteiger partial charge on any atom is 0.328 e. The summed E-state index contributed by atoms with van der Waals surface area (Å²) < 4.78 is 6.89. The number of fused-ring (bicyclic) bond motifs is 1. The van der Waals surface area contributed by atoms with E-state index in [1.165, 1.54) is 18.5 Å². The molecule has 4 aromatic rings. The number of nitro groups is 1. The fourth-order valence-corrected chi connectivity index (χ4v) is 4.15. The van der Waals surface area contributed by atoms with Crippen molar-refractivity contribution in [3.8, 4) is 0 Å². The van der Waals surface area contributed by atoms with Crippen molar-refractivity contribution in [3.05, 3.63) is 92.9 Å². The SMILES string of the molecule is CCc1cccc2c(C(=O)C(OC(=O)Cn3nc(C)c([N+](=O)[O-])c3C)c3ccccc3)c[nH]c12. The second-order valence-corrected chi connectivity index (χ2v) is 7.97. The van der Waals surface area contributed by atoms with Crippen LogP contribution in [0.3, 0.4) is 0 Å². The molecule has 4 rings (SSSR count). The number of ether oxygens (including phenoxy) is 1. The van der Waals surface area contributed by atoms with Gasteiger partial charge < -0.3 is 9.72 Å². The molecule has 0 spiro atoms. The van der Waals surface area contributed by atoms with Crippen molar-refractivity contribution >= 4 is 28.3 Å². The number of aryl methyl sites for hydroxylation is 2. The van der Waals surface area contributed by atoms with Crippen LogP contribution in [0.15, 0.2) is 54.7 Å². The molecule has 174 valence electrons. The fourth-order valence-electron chi connectivity index (χ4n) is 4.15. The first-order chi connectivity index (χ1) is 16.3. The fraction of sp³-hybridized carbons (Fsp3) is 0.240. The van der Waals surface area contributed by atoms with Crippen LogP contribution in [-0.4, -0.2) is 31.4 Å². The maximum atomic E-state index is 13.6. The van der Waals surface area contributed by atoms with Gasteiger partial charge in [-0.1, -0.05) is 55.5 Å². The van der Waals surface area contributed by atoms with E-state index < -0.39 is 17.0 Å². The number of carbonyl (C=O) groups is 2. The lowest BCUT2D eigenvalue weighted by Gasteiger charge is -2.17. The number of carbonyl (C=O) groups excluding carboxylic acids is 2. The Morgan fingerprint density at radius 3 is 2.53 bits per heavy atom. The van der Waals surface area contributed by atoms with E-state index in [0.717, 1.165) is 22.9 Å². The predicted molar refractivity (Wildman–Crippen MR) is 126 cm³/mol. The number of hydrogen-bond acceptors (Lipinski definition) is 6. The van der Waals surface area contributed by atoms with E-state index in [1.807, 2.05) is 25.1 Å². The quantitative estimate of drug-likeness (QED) is 0.177. The summed E-state index contributed by atoms with van der Waals surface area (Å²) in [6, 6.07) is 14.5. The average Bonchev–Trinajstić information content (AvgIpc) is 3.37. The molecule has 0 aliphatic rings. The van der Waals surface area contributed by atoms with E-state index in [2.05, 4.69) is 10.1 Å². The highest BCUT2D eigenvalue weighted by Crippen LogP contribution is 2.29. The summed E-state index contributed by atoms with van der Waals surface area (Å²) in [5, 5.41) is 16.1. The lowest BCUT2D eigenvalue weighted by Crippen LogP contribution is -2.23. The van der Waals surface area contributed by atoms with Crippen LogP contribution in [0.5, 0.6) is 0 Å². The van der Waals surface area contributed by atoms with Crippen LogP contribution in [0, 0.1) is 24.0 Å². The lowest BCUT2D eigenvalue weighted by atomic mass is 9.98. The Morgan fingerprint density at radius 2 is 1.88 bits per heavy atom. The molecule has 2 heterocycles. The van der Waals surface area contributed by atoms with Gasteiger partial charge in [-0.05, 0) is 25.8 Å². The highest BCUT2D eigenvalue weighted by atomic mass is 16.6. The third-order valence-electron chi connectivity index (χ3n) is 5.84. The minimum atomic E-state index is -1.18. The summed E-state index contributed by atoms with van der Waals surface area (Å²) in [6.45, 7) is 4.70. The molecule has 1 atom stereocenters. The zero-order valence-electron chi connectivity index (χ0n) is 19.1. The van der Waals surface area contributed by atoms with Gasteiger partial charge in [-0.15, -0.1) is 0 Å². The molecule has 2 aromatic carbocycles. The molecular weight excluding hydrogens is 436 g/mol. The number of Topliss-reactive ketones (excluding diaryl/α,β-unsaturated/α-hetero) is 1. The largest absolute Gasteiger partial charge is 0.448 e. The molecule has 0 saturated heterocycles. The number of hydrogen-bond donors (Lipinski definition) is 1. The lowest BCUT2D eigenvalue weighted by molar-refractivity contribution is -0.386. The predicted octanol–water partition coefficient (Wildman–Crippen LogP) is 4.62. The van der Waals surface area contributed by atoms with Crippen LogP contribution >= 0.6 is 0 Å². The van der Waals surface area contributed by atoms with Crippen molar-refractivity contribution < 1.29 is 19.2 Å². The van der Waals surface area contributed by atoms with Gasteiger partial charge >= 0.3 is 11.7 Å². The molecule has 2 aromatic heterocycles. The number of esters is 1. The van der Waals surface area contributed by atoms with Crippen molar-refractivity contribution in [2.45, 2.75) is 39.8 Å². The third kappa shape index (κ3) is 4.19. The van der Waals surface area contributed by atoms with Gasteiger partial charge in [0.1, 0.15) is 17.9 Å². The Kier molecular flexibility index (Phi) is 6.27. The monoisotopic (exact) mass is 460 g/mol. The van der Waals surface area contributed by atoms with Gasteiger partial charge in [-0.3, -0.25) is 24.4 Å². The van der Waals surface area contributed by atoms with Crippen LogP contribution in [0.4, 0.5) is 5.69 Å². The average molecular weight is 460 g/mol. The number of benzene rings is 2. The number of aromatic nitrogens is 3. The van der Waals surface area contributed by atoms with Gasteiger partial charge in [0, 0.05) is 28.2 Å². The molecule has 34 heavy (non-hydrogen) atoms. The van der Waals surface area contributed by atoms with Gasteiger partial charge in [-0.2, -0.15) is 5.10 Å². The molecule has 0 fully saturated rings. The molecule has 9 nitrogen and oxygen atoms in total. The summed E-state index contributed by atoms with van der Waals surface area (Å²) in [6.07, 6.45) is 1.27. The highest BCUT2D eigenvalue weighted by molar-refractivity contribution is 6.11. The molecule has 0 saturated carbocycles. The van der Waals surface area contributed by atoms with Gasteiger partial charge in [0.2, 0.25) is 5.78 Å². The summed E-state index contributed by atoms with van der Waals surface area (Å²) in [5.74, 6) is -1.09. The van der Waals surface area contributed by atoms with Crippen molar-refractivity contribution in [2.24, 2.45) is 0 Å². The molecule has 9 heteroatoms. The highest BCUT2D eigenvalue weighted by Gasteiger charge is 2.30. The van der Waals surface area contributed by atoms with Crippen LogP contribution in [-0.2, 0) is 22.5 Å². The van der Waals surface area contributed by atoms with Gasteiger partial charge in [0.25, 0.3) is 0 Å². The smallest absolute Gasteiger partial charge is 0.328 e. The van der Waals surface area contributed by atoms with E-state index in [1.54, 1.807) is 36.5 Å². The number of nitrogens with one attached hydrogen (secondary N) is 1. The number of rotatable bonds is 8. The minimum absolute atomic E-state index is 0.144. The van der Waals surface area contributed by atoms with Gasteiger partial charge in [0.05, 0.1) is 4.92 Å². The van der Waals surface area contributed by atoms with Crippen LogP contribution < -0.4 is 0 Å². The van der Waals surface area contributed by atoms with Gasteiger partial charge in [-0.25, -0.2) is 0 Å². The molecule has 1 N–H and O–H groups in total. The summed E-state index contributed by atoms with van der Waals surface area (Å²) in [7, 11) is 0. The Hall–Kier alpha value is -4.27. The number of para-hydroxylation sites is 1. The second-order valence-electron chi connectivity index (χ2n) is 7.97. The second kappa shape index (κ2) is 9.30. The Bertz CT molecular complexity index is 1390. The third-order valence-corrected chi connectivity index (χ3v) is 5.84. The standard InChI is InChI=1S/C25H24N4O5/c1-4-17-11-8-12-19-20(13-26-22(17)19)24(31)25(18-9-6-5-7-10-18)34-21(30)14-28-16(3)23(29(32)33)15(2)27-28/h5-13,25-26H,4,14H2,1-3H3. The van der Waals surface area contributed by atoms with E-state index in [4.69, 9.17) is 4.74 Å². The first-order valence-corrected chi connectivity index (χ1v) is 10.9. The molecule has 0 aliphatic heterocycles. The first-order valence-electron chi connectivity index (χ1n) is 10.9. The zero-order valence-corrected chi connectivity index (χ0v) is 19.1. The summed E-state index contributed by atoms with van der Waals surface area (Å²) >= 11 is 0. The summed E-state index contributed by atoms with van der Waals surface area (Å²) in [5.41, 5.74) is 3.21. The zero-order chi connectivity index (χ0) is 24.4. The van der Waals surface area contributed by atoms with Crippen molar-refractivity contribution in [1.29, 1.82) is 0 Å². The Morgan fingerprint density at radius 1 is 1.15 bits per heavy atom. The molecular formula is C25H24N4O5. The van der Waals surface area contributed by atoms with Crippen LogP contribution in [0.25, 0.3) is 10.9 Å². The number of H-pyrrole nitrogens is 1. The normalized spacial score (nSPS) is 12.0. The van der Waals surface area contributed by atoms with Crippen molar-refractivity contribution in [1.82, 2.24) is 14.8 Å². The van der Waals surface area contributed by atoms with Crippen molar-refractivity contribution in [3.63, 3.8) is 0 Å². The van der Waals surface area contributed by atoms with Crippen molar-refractivity contribution in [2.75, 3.05) is 0 Å². The molecule has 1 unspecified atom stereocenters.